The van der Waals surface area contributed by atoms with E-state index in [2.05, 4.69) is 6.92 Å². The van der Waals surface area contributed by atoms with Crippen LogP contribution in [0.15, 0.2) is 11.6 Å². The largest absolute Gasteiger partial charge is 0.392 e. The minimum atomic E-state index is 0.106. The van der Waals surface area contributed by atoms with Crippen LogP contribution in [-0.4, -0.2) is 11.7 Å². The van der Waals surface area contributed by atoms with Crippen molar-refractivity contribution in [1.82, 2.24) is 0 Å². The fourth-order valence-corrected chi connectivity index (χ4v) is 0.156. The molecular formula is C5H9O. The first-order valence-electron chi connectivity index (χ1n) is 1.87. The zero-order valence-electron chi connectivity index (χ0n) is 3.94. The summed E-state index contributed by atoms with van der Waals surface area (Å²) < 4.78 is 0. The molecule has 0 unspecified atom stereocenters. The average molecular weight is 85.1 g/mol. The maximum absolute atomic E-state index is 8.12. The highest BCUT2D eigenvalue weighted by Crippen LogP contribution is 1.82. The molecule has 0 aliphatic rings. The summed E-state index contributed by atoms with van der Waals surface area (Å²) in [7, 11) is 0. The van der Waals surface area contributed by atoms with E-state index in [1.165, 1.54) is 0 Å². The van der Waals surface area contributed by atoms with Crippen molar-refractivity contribution < 1.29 is 5.11 Å². The lowest BCUT2D eigenvalue weighted by Gasteiger charge is -1.79. The normalized spacial score (nSPS) is 12.2. The zero-order valence-corrected chi connectivity index (χ0v) is 3.94. The van der Waals surface area contributed by atoms with Crippen molar-refractivity contribution in [2.24, 2.45) is 0 Å². The van der Waals surface area contributed by atoms with E-state index in [4.69, 9.17) is 5.11 Å². The van der Waals surface area contributed by atoms with Gasteiger partial charge in [0.15, 0.2) is 0 Å². The Labute approximate surface area is 38.3 Å². The third kappa shape index (κ3) is 3.70. The molecule has 0 heterocycles. The van der Waals surface area contributed by atoms with E-state index in [1.807, 2.05) is 6.92 Å². The van der Waals surface area contributed by atoms with Crippen LogP contribution in [-0.2, 0) is 0 Å². The van der Waals surface area contributed by atoms with Crippen LogP contribution in [0, 0.1) is 6.92 Å². The second-order valence-corrected chi connectivity index (χ2v) is 1.23. The van der Waals surface area contributed by atoms with Crippen LogP contribution in [0.2, 0.25) is 0 Å². The molecular weight excluding hydrogens is 76.1 g/mol. The van der Waals surface area contributed by atoms with Gasteiger partial charge in [-0.2, -0.15) is 0 Å². The first-order valence-corrected chi connectivity index (χ1v) is 1.87. The molecule has 0 atom stereocenters. The number of hydrogen-bond donors (Lipinski definition) is 1. The van der Waals surface area contributed by atoms with Gasteiger partial charge >= 0.3 is 0 Å². The summed E-state index contributed by atoms with van der Waals surface area (Å²) in [6.07, 6.45) is 1.65. The van der Waals surface area contributed by atoms with Crippen LogP contribution in [0.3, 0.4) is 0 Å². The lowest BCUT2D eigenvalue weighted by molar-refractivity contribution is 0.342. The van der Waals surface area contributed by atoms with E-state index in [-0.39, 0.29) is 6.61 Å². The second kappa shape index (κ2) is 2.91. The number of aliphatic hydroxyl groups is 1. The summed E-state index contributed by atoms with van der Waals surface area (Å²) in [5.74, 6) is 0. The second-order valence-electron chi connectivity index (χ2n) is 1.23. The Morgan fingerprint density at radius 1 is 2.00 bits per heavy atom. The van der Waals surface area contributed by atoms with Gasteiger partial charge < -0.3 is 5.11 Å². The summed E-state index contributed by atoms with van der Waals surface area (Å²) in [4.78, 5) is 0. The molecule has 0 fully saturated rings. The molecule has 0 saturated heterocycles. The van der Waals surface area contributed by atoms with Crippen LogP contribution in [0.25, 0.3) is 0 Å². The topological polar surface area (TPSA) is 20.2 Å². The molecule has 0 rings (SSSR count). The maximum atomic E-state index is 8.12. The Morgan fingerprint density at radius 3 is 2.50 bits per heavy atom. The molecule has 0 aromatic heterocycles. The van der Waals surface area contributed by atoms with Crippen molar-refractivity contribution in [2.45, 2.75) is 6.92 Å². The molecule has 0 aliphatic heterocycles. The van der Waals surface area contributed by atoms with Crippen LogP contribution in [0.1, 0.15) is 6.92 Å². The van der Waals surface area contributed by atoms with E-state index in [0.29, 0.717) is 0 Å². The smallest absolute Gasteiger partial charge is 0.0614 e. The van der Waals surface area contributed by atoms with E-state index in [9.17, 15) is 0 Å². The van der Waals surface area contributed by atoms with Crippen molar-refractivity contribution in [3.8, 4) is 0 Å². The van der Waals surface area contributed by atoms with E-state index in [0.717, 1.165) is 5.57 Å². The van der Waals surface area contributed by atoms with Crippen molar-refractivity contribution in [3.05, 3.63) is 18.6 Å². The fourth-order valence-electron chi connectivity index (χ4n) is 0.156. The van der Waals surface area contributed by atoms with Crippen molar-refractivity contribution >= 4 is 0 Å². The van der Waals surface area contributed by atoms with Gasteiger partial charge in [-0.1, -0.05) is 11.6 Å². The molecule has 0 amide bonds. The predicted molar refractivity (Wildman–Crippen MR) is 26.2 cm³/mol. The molecule has 1 radical (unpaired) electrons. The monoisotopic (exact) mass is 85.1 g/mol. The summed E-state index contributed by atoms with van der Waals surface area (Å²) in [6, 6.07) is 0. The Morgan fingerprint density at radius 2 is 2.50 bits per heavy atom. The Hall–Kier alpha value is -0.300. The first-order chi connectivity index (χ1) is 2.77. The molecule has 0 aromatic carbocycles. The lowest BCUT2D eigenvalue weighted by atomic mass is 10.3. The van der Waals surface area contributed by atoms with Crippen LogP contribution < -0.4 is 0 Å². The van der Waals surface area contributed by atoms with Crippen molar-refractivity contribution in [3.63, 3.8) is 0 Å². The van der Waals surface area contributed by atoms with Crippen molar-refractivity contribution in [2.75, 3.05) is 6.61 Å². The summed E-state index contributed by atoms with van der Waals surface area (Å²) in [5.41, 5.74) is 0.914. The predicted octanol–water partition coefficient (Wildman–Crippen LogP) is 0.759. The SMILES string of the molecule is [CH2]/C(C)=C\CO. The minimum absolute atomic E-state index is 0.106. The Bertz CT molecular complexity index is 51.0. The van der Waals surface area contributed by atoms with Gasteiger partial charge in [0.05, 0.1) is 6.61 Å². The van der Waals surface area contributed by atoms with Gasteiger partial charge in [0, 0.05) is 0 Å². The molecule has 0 saturated carbocycles. The van der Waals surface area contributed by atoms with Gasteiger partial charge in [0.2, 0.25) is 0 Å². The van der Waals surface area contributed by atoms with Gasteiger partial charge in [-0.05, 0) is 13.8 Å². The Balaban J connectivity index is 3.14. The molecule has 6 heavy (non-hydrogen) atoms. The molecule has 35 valence electrons. The zero-order chi connectivity index (χ0) is 4.99. The molecule has 1 nitrogen and oxygen atoms in total. The number of allylic oxidation sites excluding steroid dienone is 1. The molecule has 0 bridgehead atoms. The van der Waals surface area contributed by atoms with E-state index >= 15 is 0 Å². The molecule has 0 aromatic rings. The van der Waals surface area contributed by atoms with Crippen molar-refractivity contribution in [1.29, 1.82) is 0 Å². The quantitative estimate of drug-likeness (QED) is 0.498. The average Bonchev–Trinajstić information content (AvgIpc) is 1.35. The summed E-state index contributed by atoms with van der Waals surface area (Å²) in [6.45, 7) is 5.48. The highest BCUT2D eigenvalue weighted by atomic mass is 16.2. The first kappa shape index (κ1) is 5.70. The van der Waals surface area contributed by atoms with Crippen LogP contribution in [0.4, 0.5) is 0 Å². The third-order valence-corrected chi connectivity index (χ3v) is 0.440. The Kier molecular flexibility index (Phi) is 2.77. The highest BCUT2D eigenvalue weighted by molar-refractivity contribution is 5.00. The maximum Gasteiger partial charge on any atom is 0.0614 e. The number of aliphatic hydroxyl groups excluding tert-OH is 1. The number of hydrogen-bond acceptors (Lipinski definition) is 1. The van der Waals surface area contributed by atoms with Gasteiger partial charge in [0.25, 0.3) is 0 Å². The van der Waals surface area contributed by atoms with Gasteiger partial charge in [-0.25, -0.2) is 0 Å². The van der Waals surface area contributed by atoms with E-state index in [1.54, 1.807) is 6.08 Å². The van der Waals surface area contributed by atoms with E-state index < -0.39 is 0 Å². The standard InChI is InChI=1S/C5H9O/c1-5(2)3-4-6/h3,6H,1,4H2,2H3/b5-3+. The third-order valence-electron chi connectivity index (χ3n) is 0.440. The molecule has 1 N–H and O–H groups in total. The van der Waals surface area contributed by atoms with Crippen LogP contribution in [0.5, 0.6) is 0 Å². The van der Waals surface area contributed by atoms with Gasteiger partial charge in [0.1, 0.15) is 0 Å². The number of rotatable bonds is 1. The molecule has 1 heteroatoms. The highest BCUT2D eigenvalue weighted by Gasteiger charge is 1.68. The fraction of sp³-hybridized carbons (Fsp3) is 0.400. The summed E-state index contributed by atoms with van der Waals surface area (Å²) >= 11 is 0. The molecule has 0 aliphatic carbocycles. The minimum Gasteiger partial charge on any atom is -0.392 e. The van der Waals surface area contributed by atoms with Gasteiger partial charge in [-0.15, -0.1) is 0 Å². The summed E-state index contributed by atoms with van der Waals surface area (Å²) in [5, 5.41) is 8.12. The molecule has 0 spiro atoms. The van der Waals surface area contributed by atoms with Gasteiger partial charge in [-0.3, -0.25) is 0 Å². The van der Waals surface area contributed by atoms with Crippen LogP contribution >= 0.6 is 0 Å². The lowest BCUT2D eigenvalue weighted by Crippen LogP contribution is -1.72.